The van der Waals surface area contributed by atoms with Crippen LogP contribution in [0.5, 0.6) is 11.5 Å². The number of fused-ring (bicyclic) bond motifs is 2. The summed E-state index contributed by atoms with van der Waals surface area (Å²) in [5.41, 5.74) is 7.11. The Labute approximate surface area is 467 Å². The fourth-order valence-corrected chi connectivity index (χ4v) is 11.8. The van der Waals surface area contributed by atoms with E-state index in [4.69, 9.17) is 32.7 Å². The van der Waals surface area contributed by atoms with E-state index in [-0.39, 0.29) is 61.1 Å². The average molecular weight is 1180 g/mol. The van der Waals surface area contributed by atoms with Gasteiger partial charge in [0.2, 0.25) is 0 Å². The maximum Gasteiger partial charge on any atom is 0.425 e. The Balaban J connectivity index is 0.000000158. The van der Waals surface area contributed by atoms with Crippen molar-refractivity contribution in [1.29, 1.82) is 0 Å². The van der Waals surface area contributed by atoms with Gasteiger partial charge in [-0.2, -0.15) is 25.4 Å². The first-order valence-electron chi connectivity index (χ1n) is 24.6. The number of nitrogens with one attached hydrogen (secondary N) is 2. The Morgan fingerprint density at radius 1 is 0.600 bits per heavy atom. The number of benzene rings is 4. The molecule has 1 saturated heterocycles. The van der Waals surface area contributed by atoms with Crippen molar-refractivity contribution in [1.82, 2.24) is 28.1 Å². The first-order valence-corrected chi connectivity index (χ1v) is 28.2. The van der Waals surface area contributed by atoms with Crippen LogP contribution in [0.1, 0.15) is 46.5 Å². The van der Waals surface area contributed by atoms with Crippen LogP contribution in [0.15, 0.2) is 128 Å². The van der Waals surface area contributed by atoms with Crippen LogP contribution >= 0.6 is 23.2 Å². The Morgan fingerprint density at radius 3 is 1.57 bits per heavy atom. The topological polar surface area (TPSA) is 240 Å². The lowest BCUT2D eigenvalue weighted by Crippen LogP contribution is -2.41. The molecule has 20 nitrogen and oxygen atoms in total. The second-order valence-corrected chi connectivity index (χ2v) is 22.4. The van der Waals surface area contributed by atoms with E-state index in [0.717, 1.165) is 48.1 Å². The molecule has 0 radical (unpaired) electrons. The van der Waals surface area contributed by atoms with Crippen molar-refractivity contribution in [2.75, 3.05) is 43.4 Å². The van der Waals surface area contributed by atoms with E-state index in [0.29, 0.717) is 65.0 Å². The molecule has 0 unspecified atom stereocenters. The number of rotatable bonds is 12. The second-order valence-electron chi connectivity index (χ2n) is 18.4. The van der Waals surface area contributed by atoms with Crippen molar-refractivity contribution in [2.45, 2.75) is 52.5 Å². The molecule has 0 spiro atoms. The Morgan fingerprint density at radius 2 is 1.10 bits per heavy atom. The lowest BCUT2D eigenvalue weighted by atomic mass is 9.95. The highest BCUT2D eigenvalue weighted by Crippen LogP contribution is 2.37. The number of amides is 1. The highest BCUT2D eigenvalue weighted by molar-refractivity contribution is 7.91. The van der Waals surface area contributed by atoms with Gasteiger partial charge in [-0.15, -0.1) is 0 Å². The summed E-state index contributed by atoms with van der Waals surface area (Å²) in [4.78, 5) is 36.7. The number of carbonyl (C=O) groups excluding carboxylic acids is 1. The highest BCUT2D eigenvalue weighted by Gasteiger charge is 2.34. The number of ether oxygens (including phenoxy) is 3. The average Bonchev–Trinajstić information content (AvgIpc) is 4.30. The number of carbonyl (C=O) groups is 1. The molecule has 1 fully saturated rings. The zero-order valence-corrected chi connectivity index (χ0v) is 46.3. The third-order valence-corrected chi connectivity index (χ3v) is 17.0. The molecule has 2 N–H and O–H groups in total. The largest absolute Gasteiger partial charge is 0.495 e. The van der Waals surface area contributed by atoms with E-state index in [9.17, 15) is 31.2 Å². The van der Waals surface area contributed by atoms with Crippen LogP contribution in [0.3, 0.4) is 0 Å². The summed E-state index contributed by atoms with van der Waals surface area (Å²) in [6, 6.07) is 25.5. The van der Waals surface area contributed by atoms with Crippen LogP contribution in [0.25, 0.3) is 33.6 Å². The summed E-state index contributed by atoms with van der Waals surface area (Å²) >= 11 is 12.2. The van der Waals surface area contributed by atoms with Gasteiger partial charge in [0.15, 0.2) is 11.6 Å². The van der Waals surface area contributed by atoms with Gasteiger partial charge in [0, 0.05) is 88.5 Å². The summed E-state index contributed by atoms with van der Waals surface area (Å²) in [5.74, 6) is -0.120. The van der Waals surface area contributed by atoms with Gasteiger partial charge in [-0.1, -0.05) is 57.8 Å². The number of hydrogen-bond donors (Lipinski definition) is 2. The number of aryl methyl sites for hydroxylation is 3. The molecule has 8 aromatic rings. The van der Waals surface area contributed by atoms with Gasteiger partial charge in [-0.3, -0.25) is 23.4 Å². The standard InChI is InChI=1S/C25H22ClFN4O5S.C23H21ClFNO2.C6H7N3O5S/c1-15-11-16(3-5-19(15)26)18-12-23(35-2)22(13-20(18)27)31-21-7-9-30(14-17(21)4-6-25(31)32)37(33,34)29-24-8-10-36-28-24;1-14-11-16(7-9-18(14)24)17-12-22(28-2)21(13-19(17)25)26-20-6-4-3-5-15(20)8-10-23(26)27;10-6-9(2-4-13-6)15(11,12)8-5-1-3-14-7-5/h3-6,8,10-13H,7,9,14H2,1-2H3,(H,28,29);7-13H,3-6H2,1-2H3;1,3H,2,4H2,(H,7,8). The first kappa shape index (κ1) is 56.7. The normalized spacial score (nSPS) is 14.2. The van der Waals surface area contributed by atoms with Gasteiger partial charge in [0.25, 0.3) is 11.1 Å². The number of cyclic esters (lactones) is 1. The first-order chi connectivity index (χ1) is 38.3. The third-order valence-electron chi connectivity index (χ3n) is 13.3. The number of aromatic nitrogens is 4. The Bertz CT molecular complexity index is 3990. The molecule has 80 heavy (non-hydrogen) atoms. The molecule has 4 aromatic heterocycles. The molecule has 418 valence electrons. The Hall–Kier alpha value is -8.03. The van der Waals surface area contributed by atoms with E-state index >= 15 is 8.78 Å². The summed E-state index contributed by atoms with van der Waals surface area (Å²) in [7, 11) is -4.89. The molecule has 4 aromatic carbocycles. The molecular weight excluding hydrogens is 1130 g/mol. The lowest BCUT2D eigenvalue weighted by Gasteiger charge is -2.30. The number of halogens is 4. The van der Waals surface area contributed by atoms with Crippen LogP contribution in [-0.2, 0) is 51.0 Å². The monoisotopic (exact) mass is 1170 g/mol. The van der Waals surface area contributed by atoms with Crippen LogP contribution in [0.2, 0.25) is 10.0 Å². The number of nitrogens with zero attached hydrogens (tertiary/aromatic N) is 6. The summed E-state index contributed by atoms with van der Waals surface area (Å²) < 4.78 is 113. The predicted molar refractivity (Wildman–Crippen MR) is 294 cm³/mol. The van der Waals surface area contributed by atoms with Crippen molar-refractivity contribution in [3.63, 3.8) is 0 Å². The summed E-state index contributed by atoms with van der Waals surface area (Å²) in [6.07, 6.45) is 5.64. The number of pyridine rings is 2. The van der Waals surface area contributed by atoms with E-state index in [1.54, 1.807) is 59.2 Å². The van der Waals surface area contributed by atoms with Gasteiger partial charge in [-0.05, 0) is 109 Å². The number of hydrogen-bond acceptors (Lipinski definition) is 14. The van der Waals surface area contributed by atoms with Gasteiger partial charge in [0.1, 0.15) is 42.3 Å². The smallest absolute Gasteiger partial charge is 0.425 e. The minimum atomic E-state index is -3.95. The predicted octanol–water partition coefficient (Wildman–Crippen LogP) is 9.59. The lowest BCUT2D eigenvalue weighted by molar-refractivity contribution is 0.170. The molecule has 11 rings (SSSR count). The second kappa shape index (κ2) is 23.7. The van der Waals surface area contributed by atoms with E-state index in [1.165, 1.54) is 66.0 Å². The molecule has 1 amide bonds. The fraction of sp³-hybridized carbons (Fsp3) is 0.241. The van der Waals surface area contributed by atoms with Crippen LogP contribution in [0.4, 0.5) is 25.2 Å². The molecule has 0 bridgehead atoms. The van der Waals surface area contributed by atoms with E-state index < -0.39 is 38.1 Å². The Kier molecular flexibility index (Phi) is 16.8. The molecule has 0 saturated carbocycles. The quantitative estimate of drug-likeness (QED) is 0.116. The minimum absolute atomic E-state index is 0.00792. The van der Waals surface area contributed by atoms with Gasteiger partial charge in [-0.25, -0.2) is 18.3 Å². The van der Waals surface area contributed by atoms with Crippen LogP contribution in [0, 0.1) is 25.5 Å². The minimum Gasteiger partial charge on any atom is -0.495 e. The molecule has 6 heterocycles. The molecule has 26 heteroatoms. The maximum atomic E-state index is 15.4. The molecule has 3 aliphatic rings. The van der Waals surface area contributed by atoms with Crippen LogP contribution < -0.4 is 30.0 Å². The van der Waals surface area contributed by atoms with E-state index in [2.05, 4.69) is 33.5 Å². The maximum absolute atomic E-state index is 15.4. The van der Waals surface area contributed by atoms with Crippen molar-refractivity contribution < 1.29 is 53.7 Å². The zero-order valence-electron chi connectivity index (χ0n) is 43.2. The van der Waals surface area contributed by atoms with Crippen molar-refractivity contribution in [2.24, 2.45) is 0 Å². The van der Waals surface area contributed by atoms with Crippen molar-refractivity contribution in [3.8, 4) is 45.1 Å². The summed E-state index contributed by atoms with van der Waals surface area (Å²) in [6.45, 7) is 3.86. The van der Waals surface area contributed by atoms with Crippen molar-refractivity contribution >= 4 is 61.3 Å². The van der Waals surface area contributed by atoms with Gasteiger partial charge < -0.3 is 23.3 Å². The van der Waals surface area contributed by atoms with Crippen LogP contribution in [-0.4, -0.2) is 84.9 Å². The van der Waals surface area contributed by atoms with Gasteiger partial charge in [0.05, 0.1) is 32.1 Å². The zero-order chi connectivity index (χ0) is 57.0. The fourth-order valence-electron chi connectivity index (χ4n) is 9.34. The molecule has 2 aliphatic heterocycles. The summed E-state index contributed by atoms with van der Waals surface area (Å²) in [5, 5.41) is 8.14. The molecular formula is C54H50Cl2F2N8O12S2. The van der Waals surface area contributed by atoms with Crippen molar-refractivity contribution in [3.05, 3.63) is 186 Å². The highest BCUT2D eigenvalue weighted by atomic mass is 35.5. The molecule has 0 atom stereocenters. The van der Waals surface area contributed by atoms with E-state index in [1.807, 2.05) is 26.0 Å². The molecule has 1 aliphatic carbocycles. The number of methoxy groups -OCH3 is 2. The van der Waals surface area contributed by atoms with Gasteiger partial charge >= 0.3 is 26.5 Å². The number of anilines is 2. The third kappa shape index (κ3) is 12.1. The SMILES string of the molecule is COc1cc(-c2ccc(Cl)c(C)c2)c(F)cc1-n1c2c(ccc1=O)CCCC2.COc1cc(-c2ccc(Cl)c(C)c2)c(F)cc1-n1c2c(ccc1=O)CN(S(=O)(=O)Nc1ccon1)CC2.O=C1OCCN1S(=O)(=O)Nc1ccon1.